The number of methoxy groups -OCH3 is 1. The number of anilines is 1. The van der Waals surface area contributed by atoms with Crippen LogP contribution < -0.4 is 20.5 Å². The van der Waals surface area contributed by atoms with E-state index in [1.54, 1.807) is 6.07 Å². The van der Waals surface area contributed by atoms with E-state index in [9.17, 15) is 9.59 Å². The Balaban J connectivity index is 2.24. The summed E-state index contributed by atoms with van der Waals surface area (Å²) in [5.74, 6) is -0.274. The van der Waals surface area contributed by atoms with E-state index in [-0.39, 0.29) is 28.7 Å². The number of carbonyl (C=O) groups is 2. The molecule has 0 bridgehead atoms. The van der Waals surface area contributed by atoms with Crippen LogP contribution in [0.5, 0.6) is 11.5 Å². The summed E-state index contributed by atoms with van der Waals surface area (Å²) in [7, 11) is 1.39. The SMILES string of the molecule is COc1cc(C(=O)Nc2ccn[nH]2)cc(Cl)c1OCC(N)=O. The summed E-state index contributed by atoms with van der Waals surface area (Å²) in [6, 6.07) is 4.43. The van der Waals surface area contributed by atoms with Gasteiger partial charge in [0.15, 0.2) is 18.1 Å². The number of hydrogen-bond acceptors (Lipinski definition) is 5. The van der Waals surface area contributed by atoms with Gasteiger partial charge in [0.25, 0.3) is 11.8 Å². The van der Waals surface area contributed by atoms with Gasteiger partial charge in [-0.05, 0) is 12.1 Å². The van der Waals surface area contributed by atoms with Gasteiger partial charge in [0.1, 0.15) is 5.82 Å². The second-order valence-corrected chi connectivity index (χ2v) is 4.58. The molecule has 1 aromatic carbocycles. The number of halogens is 1. The first-order valence-electron chi connectivity index (χ1n) is 6.10. The first-order valence-corrected chi connectivity index (χ1v) is 6.48. The maximum Gasteiger partial charge on any atom is 0.256 e. The Morgan fingerprint density at radius 2 is 2.23 bits per heavy atom. The van der Waals surface area contributed by atoms with Crippen molar-refractivity contribution in [2.24, 2.45) is 5.73 Å². The van der Waals surface area contributed by atoms with Crippen LogP contribution in [0.2, 0.25) is 5.02 Å². The molecule has 0 saturated heterocycles. The molecule has 0 unspecified atom stereocenters. The van der Waals surface area contributed by atoms with Crippen molar-refractivity contribution in [2.45, 2.75) is 0 Å². The van der Waals surface area contributed by atoms with E-state index in [1.165, 1.54) is 25.4 Å². The quantitative estimate of drug-likeness (QED) is 0.737. The normalized spacial score (nSPS) is 10.1. The van der Waals surface area contributed by atoms with Gasteiger partial charge in [-0.15, -0.1) is 0 Å². The lowest BCUT2D eigenvalue weighted by Gasteiger charge is -2.13. The Hall–Kier alpha value is -2.74. The van der Waals surface area contributed by atoms with Crippen molar-refractivity contribution in [1.82, 2.24) is 10.2 Å². The summed E-state index contributed by atoms with van der Waals surface area (Å²) in [6.45, 7) is -0.351. The lowest BCUT2D eigenvalue weighted by Crippen LogP contribution is -2.20. The maximum absolute atomic E-state index is 12.1. The molecule has 2 rings (SSSR count). The Kier molecular flexibility index (Phi) is 4.84. The van der Waals surface area contributed by atoms with Crippen LogP contribution in [0.4, 0.5) is 5.82 Å². The average molecular weight is 325 g/mol. The Labute approximate surface area is 130 Å². The smallest absolute Gasteiger partial charge is 0.256 e. The number of primary amides is 1. The van der Waals surface area contributed by atoms with Gasteiger partial charge >= 0.3 is 0 Å². The highest BCUT2D eigenvalue weighted by atomic mass is 35.5. The number of carbonyl (C=O) groups excluding carboxylic acids is 2. The third kappa shape index (κ3) is 3.67. The minimum Gasteiger partial charge on any atom is -0.493 e. The molecule has 0 atom stereocenters. The van der Waals surface area contributed by atoms with Crippen LogP contribution >= 0.6 is 11.6 Å². The van der Waals surface area contributed by atoms with Crippen LogP contribution in [0.15, 0.2) is 24.4 Å². The molecular formula is C13H13ClN4O4. The first-order chi connectivity index (χ1) is 10.5. The van der Waals surface area contributed by atoms with Gasteiger partial charge in [0.2, 0.25) is 0 Å². The van der Waals surface area contributed by atoms with E-state index in [2.05, 4.69) is 15.5 Å². The fourth-order valence-electron chi connectivity index (χ4n) is 1.65. The van der Waals surface area contributed by atoms with E-state index >= 15 is 0 Å². The van der Waals surface area contributed by atoms with Crippen LogP contribution in [0.3, 0.4) is 0 Å². The fourth-order valence-corrected chi connectivity index (χ4v) is 1.92. The van der Waals surface area contributed by atoms with Gasteiger partial charge in [0.05, 0.1) is 18.3 Å². The molecule has 2 aromatic rings. The van der Waals surface area contributed by atoms with E-state index in [4.69, 9.17) is 26.8 Å². The Morgan fingerprint density at radius 1 is 1.45 bits per heavy atom. The molecule has 116 valence electrons. The van der Waals surface area contributed by atoms with Crippen LogP contribution in [0.25, 0.3) is 0 Å². The number of nitrogens with zero attached hydrogens (tertiary/aromatic N) is 1. The van der Waals surface area contributed by atoms with Crippen molar-refractivity contribution in [3.05, 3.63) is 35.0 Å². The molecule has 0 aliphatic carbocycles. The average Bonchev–Trinajstić information content (AvgIpc) is 2.97. The monoisotopic (exact) mass is 324 g/mol. The zero-order valence-corrected chi connectivity index (χ0v) is 12.3. The van der Waals surface area contributed by atoms with Crippen molar-refractivity contribution in [1.29, 1.82) is 0 Å². The van der Waals surface area contributed by atoms with Gasteiger partial charge < -0.3 is 20.5 Å². The van der Waals surface area contributed by atoms with E-state index in [0.29, 0.717) is 5.82 Å². The Bertz CT molecular complexity index is 688. The minimum absolute atomic E-state index is 0.121. The van der Waals surface area contributed by atoms with E-state index < -0.39 is 11.8 Å². The van der Waals surface area contributed by atoms with Gasteiger partial charge in [-0.2, -0.15) is 5.10 Å². The molecule has 0 aliphatic heterocycles. The lowest BCUT2D eigenvalue weighted by molar-refractivity contribution is -0.119. The number of benzene rings is 1. The molecule has 0 fully saturated rings. The number of aromatic nitrogens is 2. The molecule has 0 saturated carbocycles. The highest BCUT2D eigenvalue weighted by Gasteiger charge is 2.17. The number of hydrogen-bond donors (Lipinski definition) is 3. The molecule has 9 heteroatoms. The number of aromatic amines is 1. The molecule has 8 nitrogen and oxygen atoms in total. The van der Waals surface area contributed by atoms with E-state index in [0.717, 1.165) is 0 Å². The zero-order valence-electron chi connectivity index (χ0n) is 11.6. The largest absolute Gasteiger partial charge is 0.493 e. The third-order valence-electron chi connectivity index (χ3n) is 2.60. The van der Waals surface area contributed by atoms with Gasteiger partial charge in [0, 0.05) is 11.6 Å². The molecule has 0 aliphatic rings. The molecule has 0 spiro atoms. The number of H-pyrrole nitrogens is 1. The highest BCUT2D eigenvalue weighted by molar-refractivity contribution is 6.32. The van der Waals surface area contributed by atoms with Crippen LogP contribution in [-0.2, 0) is 4.79 Å². The first kappa shape index (κ1) is 15.6. The molecule has 4 N–H and O–H groups in total. The number of nitrogens with two attached hydrogens (primary N) is 1. The summed E-state index contributed by atoms with van der Waals surface area (Å²) in [6.07, 6.45) is 1.50. The summed E-state index contributed by atoms with van der Waals surface area (Å²) in [5, 5.41) is 9.04. The third-order valence-corrected chi connectivity index (χ3v) is 2.88. The fraction of sp³-hybridized carbons (Fsp3) is 0.154. The van der Waals surface area contributed by atoms with Crippen molar-refractivity contribution in [2.75, 3.05) is 19.0 Å². The molecule has 22 heavy (non-hydrogen) atoms. The lowest BCUT2D eigenvalue weighted by atomic mass is 10.2. The zero-order chi connectivity index (χ0) is 16.1. The molecule has 1 aromatic heterocycles. The van der Waals surface area contributed by atoms with Crippen molar-refractivity contribution in [3.63, 3.8) is 0 Å². The molecular weight excluding hydrogens is 312 g/mol. The standard InChI is InChI=1S/C13H13ClN4O4/c1-21-9-5-7(13(20)17-11-2-3-16-18-11)4-8(14)12(9)22-6-10(15)19/h2-5H,6H2,1H3,(H2,15,19)(H2,16,17,18,20). The van der Waals surface area contributed by atoms with Crippen molar-refractivity contribution >= 4 is 29.2 Å². The van der Waals surface area contributed by atoms with Gasteiger partial charge in [-0.1, -0.05) is 11.6 Å². The Morgan fingerprint density at radius 3 is 2.82 bits per heavy atom. The summed E-state index contributed by atoms with van der Waals surface area (Å²) in [4.78, 5) is 22.9. The van der Waals surface area contributed by atoms with Crippen LogP contribution in [-0.4, -0.2) is 35.7 Å². The molecule has 1 heterocycles. The number of nitrogens with one attached hydrogen (secondary N) is 2. The maximum atomic E-state index is 12.1. The predicted molar refractivity (Wildman–Crippen MR) is 79.2 cm³/mol. The second-order valence-electron chi connectivity index (χ2n) is 4.17. The van der Waals surface area contributed by atoms with Crippen LogP contribution in [0.1, 0.15) is 10.4 Å². The highest BCUT2D eigenvalue weighted by Crippen LogP contribution is 2.36. The van der Waals surface area contributed by atoms with Gasteiger partial charge in [-0.3, -0.25) is 14.7 Å². The number of rotatable bonds is 6. The van der Waals surface area contributed by atoms with E-state index in [1.807, 2.05) is 0 Å². The van der Waals surface area contributed by atoms with Crippen molar-refractivity contribution in [3.8, 4) is 11.5 Å². The predicted octanol–water partition coefficient (Wildman–Crippen LogP) is 1.19. The van der Waals surface area contributed by atoms with Gasteiger partial charge in [-0.25, -0.2) is 0 Å². The summed E-state index contributed by atoms with van der Waals surface area (Å²) < 4.78 is 10.3. The molecule has 0 radical (unpaired) electrons. The number of amides is 2. The van der Waals surface area contributed by atoms with Crippen molar-refractivity contribution < 1.29 is 19.1 Å². The number of ether oxygens (including phenoxy) is 2. The minimum atomic E-state index is -0.654. The topological polar surface area (TPSA) is 119 Å². The summed E-state index contributed by atoms with van der Waals surface area (Å²) >= 11 is 6.07. The van der Waals surface area contributed by atoms with Crippen LogP contribution in [0, 0.1) is 0 Å². The second kappa shape index (κ2) is 6.81. The summed E-state index contributed by atoms with van der Waals surface area (Å²) in [5.41, 5.74) is 5.27. The molecule has 2 amide bonds.